The van der Waals surface area contributed by atoms with E-state index in [4.69, 9.17) is 16.3 Å². The molecule has 2 aliphatic heterocycles. The molecule has 6 nitrogen and oxygen atoms in total. The largest absolute Gasteiger partial charge is 0.482 e. The Labute approximate surface area is 169 Å². The summed E-state index contributed by atoms with van der Waals surface area (Å²) < 4.78 is 5.47. The lowest BCUT2D eigenvalue weighted by Crippen LogP contribution is -2.49. The van der Waals surface area contributed by atoms with Crippen molar-refractivity contribution < 1.29 is 14.3 Å². The number of nitrogens with one attached hydrogen (secondary N) is 1. The summed E-state index contributed by atoms with van der Waals surface area (Å²) >= 11 is 6.37. The molecule has 0 radical (unpaired) electrons. The molecule has 1 atom stereocenters. The Balaban J connectivity index is 1.48. The number of nitrogens with zero attached hydrogens (tertiary/aromatic N) is 2. The number of benzene rings is 2. The quantitative estimate of drug-likeness (QED) is 0.858. The molecule has 2 amide bonds. The van der Waals surface area contributed by atoms with Crippen molar-refractivity contribution in [2.45, 2.75) is 12.5 Å². The van der Waals surface area contributed by atoms with Crippen molar-refractivity contribution in [3.8, 4) is 5.75 Å². The van der Waals surface area contributed by atoms with E-state index < -0.39 is 0 Å². The van der Waals surface area contributed by atoms with Crippen LogP contribution in [0.3, 0.4) is 0 Å². The van der Waals surface area contributed by atoms with Crippen LogP contribution in [0.5, 0.6) is 5.75 Å². The molecule has 2 aliphatic rings. The standard InChI is InChI=1S/C21H22ClN3O3/c22-16-6-2-1-5-15(16)18-13-23-10-12-25(18)20(26)9-11-24-17-7-3-4-8-19(17)28-14-21(24)27/h1-8,18,23H,9-14H2. The van der Waals surface area contributed by atoms with Crippen molar-refractivity contribution in [2.75, 3.05) is 37.7 Å². The van der Waals surface area contributed by atoms with E-state index in [-0.39, 0.29) is 30.9 Å². The molecule has 0 spiro atoms. The third-order valence-electron chi connectivity index (χ3n) is 5.19. The number of piperazine rings is 1. The molecule has 0 aliphatic carbocycles. The van der Waals surface area contributed by atoms with Crippen molar-refractivity contribution in [1.29, 1.82) is 0 Å². The number of hydrogen-bond acceptors (Lipinski definition) is 4. The third kappa shape index (κ3) is 3.70. The van der Waals surface area contributed by atoms with E-state index >= 15 is 0 Å². The summed E-state index contributed by atoms with van der Waals surface area (Å²) in [5.74, 6) is 0.559. The molecule has 0 bridgehead atoms. The fourth-order valence-corrected chi connectivity index (χ4v) is 4.04. The van der Waals surface area contributed by atoms with Gasteiger partial charge in [-0.3, -0.25) is 9.59 Å². The number of halogens is 1. The van der Waals surface area contributed by atoms with Crippen molar-refractivity contribution in [2.24, 2.45) is 0 Å². The number of anilines is 1. The van der Waals surface area contributed by atoms with Gasteiger partial charge >= 0.3 is 0 Å². The Kier molecular flexibility index (Phi) is 5.50. The molecule has 4 rings (SSSR count). The molecule has 2 aromatic carbocycles. The van der Waals surface area contributed by atoms with Gasteiger partial charge in [0.15, 0.2) is 6.61 Å². The summed E-state index contributed by atoms with van der Waals surface area (Å²) in [5, 5.41) is 4.00. The van der Waals surface area contributed by atoms with E-state index in [2.05, 4.69) is 5.32 Å². The first-order valence-corrected chi connectivity index (χ1v) is 9.80. The Morgan fingerprint density at radius 3 is 2.82 bits per heavy atom. The van der Waals surface area contributed by atoms with Crippen LogP contribution in [0.2, 0.25) is 5.02 Å². The van der Waals surface area contributed by atoms with Crippen LogP contribution in [-0.2, 0) is 9.59 Å². The topological polar surface area (TPSA) is 61.9 Å². The summed E-state index contributed by atoms with van der Waals surface area (Å²) in [7, 11) is 0. The molecular formula is C21H22ClN3O3. The van der Waals surface area contributed by atoms with Crippen molar-refractivity contribution in [1.82, 2.24) is 10.2 Å². The van der Waals surface area contributed by atoms with Gasteiger partial charge in [-0.25, -0.2) is 0 Å². The molecule has 2 aromatic rings. The van der Waals surface area contributed by atoms with E-state index in [0.717, 1.165) is 17.8 Å². The van der Waals surface area contributed by atoms with Gasteiger partial charge in [-0.15, -0.1) is 0 Å². The second-order valence-electron chi connectivity index (χ2n) is 6.88. The second kappa shape index (κ2) is 8.20. The van der Waals surface area contributed by atoms with Gasteiger partial charge in [-0.2, -0.15) is 0 Å². The van der Waals surface area contributed by atoms with Crippen LogP contribution in [0.1, 0.15) is 18.0 Å². The predicted molar refractivity (Wildman–Crippen MR) is 108 cm³/mol. The monoisotopic (exact) mass is 399 g/mol. The molecule has 0 saturated carbocycles. The molecule has 2 heterocycles. The lowest BCUT2D eigenvalue weighted by molar-refractivity contribution is -0.134. The maximum absolute atomic E-state index is 13.0. The van der Waals surface area contributed by atoms with Gasteiger partial charge in [-0.05, 0) is 23.8 Å². The van der Waals surface area contributed by atoms with Crippen molar-refractivity contribution in [3.05, 3.63) is 59.1 Å². The first-order valence-electron chi connectivity index (χ1n) is 9.42. The third-order valence-corrected chi connectivity index (χ3v) is 5.53. The number of carbonyl (C=O) groups excluding carboxylic acids is 2. The number of rotatable bonds is 4. The zero-order chi connectivity index (χ0) is 19.5. The SMILES string of the molecule is O=C1COc2ccccc2N1CCC(=O)N1CCNCC1c1ccccc1Cl. The highest BCUT2D eigenvalue weighted by Crippen LogP contribution is 2.32. The molecule has 0 aromatic heterocycles. The summed E-state index contributed by atoms with van der Waals surface area (Å²) in [6.45, 7) is 2.35. The molecule has 1 unspecified atom stereocenters. The van der Waals surface area contributed by atoms with Crippen molar-refractivity contribution >= 4 is 29.1 Å². The summed E-state index contributed by atoms with van der Waals surface area (Å²) in [6.07, 6.45) is 0.251. The van der Waals surface area contributed by atoms with Gasteiger partial charge in [-0.1, -0.05) is 41.9 Å². The van der Waals surface area contributed by atoms with Gasteiger partial charge in [0, 0.05) is 37.6 Å². The van der Waals surface area contributed by atoms with Gasteiger partial charge < -0.3 is 19.9 Å². The fourth-order valence-electron chi connectivity index (χ4n) is 3.78. The molecule has 1 N–H and O–H groups in total. The Morgan fingerprint density at radius 1 is 1.18 bits per heavy atom. The highest BCUT2D eigenvalue weighted by Gasteiger charge is 2.31. The van der Waals surface area contributed by atoms with Gasteiger partial charge in [0.2, 0.25) is 5.91 Å². The highest BCUT2D eigenvalue weighted by atomic mass is 35.5. The van der Waals surface area contributed by atoms with Crippen LogP contribution < -0.4 is 15.0 Å². The Hall–Kier alpha value is -2.57. The normalized spacial score (nSPS) is 19.2. The fraction of sp³-hybridized carbons (Fsp3) is 0.333. The number of carbonyl (C=O) groups is 2. The van der Waals surface area contributed by atoms with E-state index in [0.29, 0.717) is 30.4 Å². The zero-order valence-electron chi connectivity index (χ0n) is 15.4. The van der Waals surface area contributed by atoms with Gasteiger partial charge in [0.25, 0.3) is 5.91 Å². The average molecular weight is 400 g/mol. The summed E-state index contributed by atoms with van der Waals surface area (Å²) in [5.41, 5.74) is 1.66. The van der Waals surface area contributed by atoms with Gasteiger partial charge in [0.05, 0.1) is 11.7 Å². The van der Waals surface area contributed by atoms with Crippen LogP contribution in [0, 0.1) is 0 Å². The average Bonchev–Trinajstić information content (AvgIpc) is 2.73. The van der Waals surface area contributed by atoms with Crippen LogP contribution in [0.25, 0.3) is 0 Å². The van der Waals surface area contributed by atoms with Crippen LogP contribution in [0.15, 0.2) is 48.5 Å². The number of para-hydroxylation sites is 2. The predicted octanol–water partition coefficient (Wildman–Crippen LogP) is 2.63. The smallest absolute Gasteiger partial charge is 0.265 e. The molecule has 146 valence electrons. The molecule has 28 heavy (non-hydrogen) atoms. The second-order valence-corrected chi connectivity index (χ2v) is 7.29. The first-order chi connectivity index (χ1) is 13.6. The van der Waals surface area contributed by atoms with E-state index in [9.17, 15) is 9.59 Å². The van der Waals surface area contributed by atoms with E-state index in [1.54, 1.807) is 4.90 Å². The Bertz CT molecular complexity index is 889. The van der Waals surface area contributed by atoms with Crippen LogP contribution in [-0.4, -0.2) is 49.5 Å². The maximum Gasteiger partial charge on any atom is 0.265 e. The molecule has 1 fully saturated rings. The molecule has 1 saturated heterocycles. The highest BCUT2D eigenvalue weighted by molar-refractivity contribution is 6.31. The van der Waals surface area contributed by atoms with Crippen molar-refractivity contribution in [3.63, 3.8) is 0 Å². The van der Waals surface area contributed by atoms with E-state index in [1.165, 1.54) is 0 Å². The summed E-state index contributed by atoms with van der Waals surface area (Å²) in [6, 6.07) is 14.9. The maximum atomic E-state index is 13.0. The molecule has 7 heteroatoms. The minimum atomic E-state index is -0.130. The van der Waals surface area contributed by atoms with E-state index in [1.807, 2.05) is 53.4 Å². The first kappa shape index (κ1) is 18.8. The van der Waals surface area contributed by atoms with Gasteiger partial charge in [0.1, 0.15) is 5.75 Å². The zero-order valence-corrected chi connectivity index (χ0v) is 16.2. The number of ether oxygens (including phenoxy) is 1. The number of hydrogen-bond donors (Lipinski definition) is 1. The minimum absolute atomic E-state index is 0.00108. The lowest BCUT2D eigenvalue weighted by atomic mass is 10.0. The number of amides is 2. The Morgan fingerprint density at radius 2 is 1.96 bits per heavy atom. The summed E-state index contributed by atoms with van der Waals surface area (Å²) in [4.78, 5) is 28.9. The van der Waals surface area contributed by atoms with Crippen LogP contribution in [0.4, 0.5) is 5.69 Å². The van der Waals surface area contributed by atoms with Crippen LogP contribution >= 0.6 is 11.6 Å². The minimum Gasteiger partial charge on any atom is -0.482 e. The molecular weight excluding hydrogens is 378 g/mol. The lowest BCUT2D eigenvalue weighted by Gasteiger charge is -2.37. The number of fused-ring (bicyclic) bond motifs is 1.